The Kier molecular flexibility index (Phi) is 7.97. The first-order chi connectivity index (χ1) is 22.8. The summed E-state index contributed by atoms with van der Waals surface area (Å²) in [5.41, 5.74) is 3.65. The fourth-order valence-corrected chi connectivity index (χ4v) is 7.15. The molecule has 4 atom stereocenters. The molecule has 248 valence electrons. The number of amides is 2. The quantitative estimate of drug-likeness (QED) is 0.212. The van der Waals surface area contributed by atoms with Gasteiger partial charge in [0.2, 0.25) is 5.78 Å². The van der Waals surface area contributed by atoms with E-state index in [9.17, 15) is 39.6 Å². The number of benzene rings is 3. The van der Waals surface area contributed by atoms with Gasteiger partial charge in [0.25, 0.3) is 5.91 Å². The molecule has 7 N–H and O–H groups in total. The van der Waals surface area contributed by atoms with Gasteiger partial charge in [0, 0.05) is 17.2 Å². The van der Waals surface area contributed by atoms with Crippen LogP contribution in [0, 0.1) is 11.8 Å². The van der Waals surface area contributed by atoms with Crippen molar-refractivity contribution in [1.82, 2.24) is 4.90 Å². The number of ketones is 2. The number of nitrogens with two attached hydrogens (primary N) is 1. The van der Waals surface area contributed by atoms with Crippen LogP contribution in [0.4, 0.5) is 10.5 Å². The van der Waals surface area contributed by atoms with Crippen LogP contribution in [-0.2, 0) is 16.0 Å². The topological polar surface area (TPSA) is 209 Å². The number of carbonyl (C=O) groups is 4. The molecule has 3 aliphatic carbocycles. The van der Waals surface area contributed by atoms with Crippen LogP contribution in [0.15, 0.2) is 83.3 Å². The van der Waals surface area contributed by atoms with E-state index in [1.807, 2.05) is 0 Å². The number of aliphatic hydroxyl groups excluding tert-OH is 2. The van der Waals surface area contributed by atoms with Crippen molar-refractivity contribution in [2.45, 2.75) is 24.5 Å². The highest BCUT2D eigenvalue weighted by molar-refractivity contribution is 6.25. The summed E-state index contributed by atoms with van der Waals surface area (Å²) < 4.78 is 10.4. The number of anilines is 1. The summed E-state index contributed by atoms with van der Waals surface area (Å²) in [6.07, 6.45) is -0.607. The van der Waals surface area contributed by atoms with Crippen molar-refractivity contribution < 1.29 is 49.1 Å². The number of hydrogen-bond donors (Lipinski definition) is 6. The Balaban J connectivity index is 1.33. The largest absolute Gasteiger partial charge is 0.510 e. The lowest BCUT2D eigenvalue weighted by molar-refractivity contribution is -0.148. The van der Waals surface area contributed by atoms with Crippen LogP contribution in [-0.4, -0.2) is 81.7 Å². The Morgan fingerprint density at radius 2 is 1.60 bits per heavy atom. The molecule has 0 saturated heterocycles. The van der Waals surface area contributed by atoms with Crippen LogP contribution in [0.1, 0.15) is 22.3 Å². The number of nitrogens with zero attached hydrogens (tertiary/aromatic N) is 1. The number of phenols is 1. The van der Waals surface area contributed by atoms with Crippen LogP contribution < -0.4 is 20.5 Å². The predicted octanol–water partition coefficient (Wildman–Crippen LogP) is 3.41. The van der Waals surface area contributed by atoms with Crippen molar-refractivity contribution in [1.29, 1.82) is 0 Å². The van der Waals surface area contributed by atoms with Gasteiger partial charge in [-0.05, 0) is 92.0 Å². The van der Waals surface area contributed by atoms with Crippen molar-refractivity contribution >= 4 is 29.3 Å². The van der Waals surface area contributed by atoms with Crippen LogP contribution in [0.3, 0.4) is 0 Å². The molecule has 0 unspecified atom stereocenters. The molecule has 0 aliphatic heterocycles. The lowest BCUT2D eigenvalue weighted by Crippen LogP contribution is -2.63. The van der Waals surface area contributed by atoms with E-state index in [1.165, 1.54) is 18.1 Å². The zero-order valence-corrected chi connectivity index (χ0v) is 26.2. The third kappa shape index (κ3) is 5.04. The molecule has 3 aromatic rings. The second-order valence-corrected chi connectivity index (χ2v) is 12.2. The Bertz CT molecular complexity index is 1930. The minimum Gasteiger partial charge on any atom is -0.510 e. The van der Waals surface area contributed by atoms with Crippen LogP contribution in [0.5, 0.6) is 17.2 Å². The fraction of sp³-hybridized carbons (Fsp3) is 0.257. The van der Waals surface area contributed by atoms with E-state index in [0.717, 1.165) is 0 Å². The van der Waals surface area contributed by atoms with Crippen LogP contribution in [0.2, 0.25) is 0 Å². The van der Waals surface area contributed by atoms with Gasteiger partial charge in [-0.15, -0.1) is 0 Å². The monoisotopic (exact) mass is 655 g/mol. The van der Waals surface area contributed by atoms with Gasteiger partial charge in [-0.25, -0.2) is 4.79 Å². The number of ether oxygens (including phenoxy) is 2. The molecule has 48 heavy (non-hydrogen) atoms. The number of likely N-dealkylation sites (N-methyl/N-ethyl adjacent to an activating group) is 1. The second-order valence-electron chi connectivity index (χ2n) is 12.2. The van der Waals surface area contributed by atoms with Gasteiger partial charge < -0.3 is 35.6 Å². The Morgan fingerprint density at radius 3 is 2.21 bits per heavy atom. The van der Waals surface area contributed by atoms with Gasteiger partial charge in [-0.3, -0.25) is 24.6 Å². The number of methoxy groups -OCH3 is 1. The van der Waals surface area contributed by atoms with Gasteiger partial charge in [0.15, 0.2) is 11.4 Å². The summed E-state index contributed by atoms with van der Waals surface area (Å²) in [7, 11) is 4.67. The number of carbonyl (C=O) groups excluding carboxylic acids is 4. The zero-order valence-electron chi connectivity index (χ0n) is 26.2. The molecule has 2 amide bonds. The van der Waals surface area contributed by atoms with Crippen LogP contribution >= 0.6 is 0 Å². The molecular weight excluding hydrogens is 622 g/mol. The van der Waals surface area contributed by atoms with E-state index in [-0.39, 0.29) is 29.7 Å². The first-order valence-corrected chi connectivity index (χ1v) is 15.0. The number of nitrogens with one attached hydrogen (secondary N) is 1. The standard InChI is InChI=1S/C35H33N3O10/c1-38(2)28-23-15-17-14-22-21(16-4-6-18(7-5-16)37-34(45)48-20-10-8-19(47-3)9-11-20)12-13-24(39)26(22)29(40)25(17)31(42)35(23,46)32(43)27(30(28)41)33(36)44/h4-13,17,23,28,39,41-42,46H,14-15H2,1-3H3,(H2,36,44)(H,37,45)/t17-,23-,28-,35-/m1/s1. The average Bonchev–Trinajstić information content (AvgIpc) is 3.03. The molecule has 3 aliphatic rings. The van der Waals surface area contributed by atoms with Gasteiger partial charge in [-0.1, -0.05) is 18.2 Å². The highest BCUT2D eigenvalue weighted by Crippen LogP contribution is 2.53. The van der Waals surface area contributed by atoms with Crippen LogP contribution in [0.25, 0.3) is 11.1 Å². The molecule has 3 aromatic carbocycles. The molecule has 13 nitrogen and oxygen atoms in total. The third-order valence-corrected chi connectivity index (χ3v) is 9.32. The Hall–Kier alpha value is -5.66. The molecule has 0 aromatic heterocycles. The second kappa shape index (κ2) is 11.9. The third-order valence-electron chi connectivity index (χ3n) is 9.32. The Morgan fingerprint density at radius 1 is 0.958 bits per heavy atom. The maximum Gasteiger partial charge on any atom is 0.417 e. The molecule has 0 fully saturated rings. The van der Waals surface area contributed by atoms with E-state index in [2.05, 4.69) is 5.32 Å². The van der Waals surface area contributed by atoms with E-state index in [4.69, 9.17) is 15.2 Å². The number of aromatic hydroxyl groups is 1. The zero-order chi connectivity index (χ0) is 34.7. The highest BCUT2D eigenvalue weighted by Gasteiger charge is 2.63. The number of aliphatic hydroxyl groups is 3. The lowest BCUT2D eigenvalue weighted by Gasteiger charge is -2.50. The summed E-state index contributed by atoms with van der Waals surface area (Å²) >= 11 is 0. The van der Waals surface area contributed by atoms with Gasteiger partial charge >= 0.3 is 6.09 Å². The lowest BCUT2D eigenvalue weighted by atomic mass is 9.58. The number of fused-ring (bicyclic) bond motifs is 3. The molecule has 0 saturated carbocycles. The Labute approximate surface area is 274 Å². The summed E-state index contributed by atoms with van der Waals surface area (Å²) in [6.45, 7) is 0. The smallest absolute Gasteiger partial charge is 0.417 e. The maximum absolute atomic E-state index is 14.0. The number of hydrogen-bond acceptors (Lipinski definition) is 11. The number of rotatable bonds is 6. The molecule has 0 radical (unpaired) electrons. The highest BCUT2D eigenvalue weighted by atomic mass is 16.6. The molecule has 6 rings (SSSR count). The predicted molar refractivity (Wildman–Crippen MR) is 172 cm³/mol. The molecule has 0 bridgehead atoms. The van der Waals surface area contributed by atoms with Crippen molar-refractivity contribution in [3.05, 3.63) is 94.5 Å². The summed E-state index contributed by atoms with van der Waals surface area (Å²) in [4.78, 5) is 53.6. The molecule has 0 heterocycles. The molecule has 13 heteroatoms. The number of Topliss-reactive ketones (excluding diaryl/α,β-unsaturated/α-hetero) is 2. The maximum atomic E-state index is 14.0. The molecular formula is C35H33N3O10. The first-order valence-electron chi connectivity index (χ1n) is 15.0. The summed E-state index contributed by atoms with van der Waals surface area (Å²) in [5.74, 6) is -6.19. The summed E-state index contributed by atoms with van der Waals surface area (Å²) in [6, 6.07) is 15.1. The normalized spacial score (nSPS) is 23.3. The average molecular weight is 656 g/mol. The fourth-order valence-electron chi connectivity index (χ4n) is 7.15. The number of allylic oxidation sites excluding steroid dienone is 1. The van der Waals surface area contributed by atoms with Gasteiger partial charge in [0.1, 0.15) is 34.3 Å². The minimum atomic E-state index is -2.71. The van der Waals surface area contributed by atoms with E-state index in [0.29, 0.717) is 33.9 Å². The summed E-state index contributed by atoms with van der Waals surface area (Å²) in [5, 5.41) is 47.7. The SMILES string of the molecule is COc1ccc(OC(=O)Nc2ccc(-c3ccc(O)c4c3C[C@@H]3C[C@@H]5[C@@H](N(C)C)C(O)=C(C(N)=O)C(=O)[C@]5(O)C(O)=C3C4=O)cc2)cc1. The number of phenolic OH excluding ortho intramolecular Hbond substituents is 1. The van der Waals surface area contributed by atoms with Crippen molar-refractivity contribution in [3.63, 3.8) is 0 Å². The van der Waals surface area contributed by atoms with E-state index >= 15 is 0 Å². The minimum absolute atomic E-state index is 0.0278. The van der Waals surface area contributed by atoms with Gasteiger partial charge in [-0.2, -0.15) is 0 Å². The van der Waals surface area contributed by atoms with E-state index in [1.54, 1.807) is 68.7 Å². The first kappa shape index (κ1) is 32.3. The van der Waals surface area contributed by atoms with Gasteiger partial charge in [0.05, 0.1) is 18.7 Å². The number of primary amides is 1. The molecule has 0 spiro atoms. The van der Waals surface area contributed by atoms with Crippen molar-refractivity contribution in [2.24, 2.45) is 17.6 Å². The van der Waals surface area contributed by atoms with E-state index < -0.39 is 64.1 Å². The van der Waals surface area contributed by atoms with Crippen molar-refractivity contribution in [3.8, 4) is 28.4 Å². The van der Waals surface area contributed by atoms with Crippen molar-refractivity contribution in [2.75, 3.05) is 26.5 Å².